The topological polar surface area (TPSA) is 46.5 Å². The highest BCUT2D eigenvalue weighted by Crippen LogP contribution is 2.46. The molecule has 8 heteroatoms. The smallest absolute Gasteiger partial charge is 0.296 e. The second-order valence-electron chi connectivity index (χ2n) is 7.92. The number of alkyl halides is 1. The summed E-state index contributed by atoms with van der Waals surface area (Å²) in [5.41, 5.74) is 2.20. The molecule has 2 aromatic carbocycles. The van der Waals surface area contributed by atoms with Crippen molar-refractivity contribution >= 4 is 28.9 Å². The third kappa shape index (κ3) is 3.17. The first-order chi connectivity index (χ1) is 14.6. The highest BCUT2D eigenvalue weighted by molar-refractivity contribution is 6.18. The zero-order valence-electron chi connectivity index (χ0n) is 16.5. The lowest BCUT2D eigenvalue weighted by Crippen LogP contribution is -3.16. The van der Waals surface area contributed by atoms with E-state index in [4.69, 9.17) is 21.1 Å². The predicted octanol–water partition coefficient (Wildman–Crippen LogP) is 1.34. The number of para-hydroxylation sites is 2. The van der Waals surface area contributed by atoms with Gasteiger partial charge < -0.3 is 19.3 Å². The lowest BCUT2D eigenvalue weighted by atomic mass is 10.1. The van der Waals surface area contributed by atoms with Crippen LogP contribution < -0.4 is 14.7 Å². The number of nitrogens with one attached hydrogen (secondary N) is 1. The average Bonchev–Trinajstić information content (AvgIpc) is 3.32. The maximum absolute atomic E-state index is 14.1. The van der Waals surface area contributed by atoms with E-state index in [9.17, 15) is 9.18 Å². The first kappa shape index (κ1) is 19.8. The number of amides is 1. The molecule has 2 saturated heterocycles. The monoisotopic (exact) mass is 432 g/mol. The third-order valence-electron chi connectivity index (χ3n) is 6.10. The minimum atomic E-state index is -1.38. The number of quaternary nitrogens is 1. The fourth-order valence-electron chi connectivity index (χ4n) is 4.54. The number of fused-ring (bicyclic) bond motifs is 2. The predicted molar refractivity (Wildman–Crippen MR) is 111 cm³/mol. The van der Waals surface area contributed by atoms with Crippen molar-refractivity contribution in [1.82, 2.24) is 0 Å². The summed E-state index contributed by atoms with van der Waals surface area (Å²) in [6, 6.07) is 14.5. The Balaban J connectivity index is 1.31. The van der Waals surface area contributed by atoms with Crippen LogP contribution in [0.3, 0.4) is 0 Å². The Hall–Kier alpha value is -2.19. The van der Waals surface area contributed by atoms with Crippen molar-refractivity contribution in [3.05, 3.63) is 59.9 Å². The molecule has 0 aromatic heterocycles. The van der Waals surface area contributed by atoms with Crippen LogP contribution in [0.1, 0.15) is 5.56 Å². The van der Waals surface area contributed by atoms with Crippen LogP contribution in [0.4, 0.5) is 15.8 Å². The Morgan fingerprint density at radius 3 is 2.50 bits per heavy atom. The van der Waals surface area contributed by atoms with E-state index in [2.05, 4.69) is 4.90 Å². The number of rotatable bonds is 4. The number of benzene rings is 2. The summed E-state index contributed by atoms with van der Waals surface area (Å²) < 4.78 is 26.0. The standard InChI is InChI=1S/C22H23ClFN3O3/c23-13-16-14-29-22(30-16)17-5-1-3-7-19(17)27(21(22)28)15-25-9-11-26(12-10-25)20-8-4-2-6-18(20)24/h1-8,16H,9-15H2/p+1/t16-,22+/m0/s1. The molecule has 1 spiro atoms. The Bertz CT molecular complexity index is 953. The summed E-state index contributed by atoms with van der Waals surface area (Å²) in [7, 11) is 0. The second-order valence-corrected chi connectivity index (χ2v) is 8.23. The van der Waals surface area contributed by atoms with Gasteiger partial charge in [0.25, 0.3) is 11.7 Å². The molecule has 0 saturated carbocycles. The molecule has 2 atom stereocenters. The van der Waals surface area contributed by atoms with Crippen LogP contribution >= 0.6 is 11.6 Å². The van der Waals surface area contributed by atoms with Gasteiger partial charge in [-0.3, -0.25) is 9.69 Å². The van der Waals surface area contributed by atoms with Crippen LogP contribution in [0.5, 0.6) is 0 Å². The van der Waals surface area contributed by atoms with E-state index < -0.39 is 5.79 Å². The van der Waals surface area contributed by atoms with Crippen LogP contribution in [-0.2, 0) is 20.1 Å². The molecule has 0 aliphatic carbocycles. The first-order valence-corrected chi connectivity index (χ1v) is 10.8. The van der Waals surface area contributed by atoms with Gasteiger partial charge in [0, 0.05) is 5.56 Å². The highest BCUT2D eigenvalue weighted by atomic mass is 35.5. The van der Waals surface area contributed by atoms with Crippen LogP contribution in [0.2, 0.25) is 0 Å². The summed E-state index contributed by atoms with van der Waals surface area (Å²) in [5.74, 6) is -1.50. The third-order valence-corrected chi connectivity index (χ3v) is 6.44. The van der Waals surface area contributed by atoms with Gasteiger partial charge in [0.1, 0.15) is 5.82 Å². The summed E-state index contributed by atoms with van der Waals surface area (Å²) in [4.78, 5) is 18.5. The first-order valence-electron chi connectivity index (χ1n) is 10.2. The van der Waals surface area contributed by atoms with Gasteiger partial charge in [0.05, 0.1) is 56.1 Å². The minimum Gasteiger partial charge on any atom is -0.358 e. The minimum absolute atomic E-state index is 0.194. The van der Waals surface area contributed by atoms with E-state index in [1.807, 2.05) is 36.4 Å². The van der Waals surface area contributed by atoms with Crippen molar-refractivity contribution in [3.8, 4) is 0 Å². The van der Waals surface area contributed by atoms with Crippen molar-refractivity contribution in [1.29, 1.82) is 0 Å². The molecule has 0 radical (unpaired) electrons. The number of piperazine rings is 1. The van der Waals surface area contributed by atoms with E-state index in [-0.39, 0.29) is 23.7 Å². The number of nitrogens with zero attached hydrogens (tertiary/aromatic N) is 2. The van der Waals surface area contributed by atoms with Crippen LogP contribution in [0.25, 0.3) is 0 Å². The fraction of sp³-hybridized carbons (Fsp3) is 0.409. The van der Waals surface area contributed by atoms with Gasteiger partial charge in [-0.25, -0.2) is 4.39 Å². The molecular formula is C22H24ClFN3O3+. The average molecular weight is 433 g/mol. The van der Waals surface area contributed by atoms with Crippen LogP contribution in [-0.4, -0.2) is 57.3 Å². The number of anilines is 2. The largest absolute Gasteiger partial charge is 0.358 e. The normalized spacial score (nSPS) is 26.6. The molecule has 0 bridgehead atoms. The second kappa shape index (κ2) is 7.81. The number of halogens is 2. The molecule has 1 amide bonds. The van der Waals surface area contributed by atoms with E-state index in [1.54, 1.807) is 11.0 Å². The molecule has 3 aliphatic heterocycles. The molecule has 0 unspecified atom stereocenters. The molecule has 2 aromatic rings. The quantitative estimate of drug-likeness (QED) is 0.741. The van der Waals surface area contributed by atoms with Gasteiger partial charge in [-0.2, -0.15) is 0 Å². The molecular weight excluding hydrogens is 409 g/mol. The molecule has 1 N–H and O–H groups in total. The molecule has 158 valence electrons. The van der Waals surface area contributed by atoms with E-state index in [1.165, 1.54) is 11.0 Å². The Morgan fingerprint density at radius 2 is 1.80 bits per heavy atom. The number of hydrogen-bond donors (Lipinski definition) is 1. The van der Waals surface area contributed by atoms with Gasteiger partial charge >= 0.3 is 0 Å². The number of ether oxygens (including phenoxy) is 2. The van der Waals surface area contributed by atoms with Gasteiger partial charge in [-0.05, 0) is 18.2 Å². The molecule has 5 rings (SSSR count). The molecule has 6 nitrogen and oxygen atoms in total. The van der Waals surface area contributed by atoms with Crippen molar-refractivity contribution < 1.29 is 23.6 Å². The molecule has 3 aliphatic rings. The van der Waals surface area contributed by atoms with Gasteiger partial charge in [0.2, 0.25) is 0 Å². The molecule has 2 fully saturated rings. The fourth-order valence-corrected chi connectivity index (χ4v) is 4.69. The van der Waals surface area contributed by atoms with E-state index in [0.29, 0.717) is 19.0 Å². The van der Waals surface area contributed by atoms with Crippen molar-refractivity contribution in [2.24, 2.45) is 0 Å². The molecule has 30 heavy (non-hydrogen) atoms. The van der Waals surface area contributed by atoms with Gasteiger partial charge in [-0.1, -0.05) is 30.3 Å². The summed E-state index contributed by atoms with van der Waals surface area (Å²) in [6.45, 7) is 3.88. The van der Waals surface area contributed by atoms with Gasteiger partial charge in [0.15, 0.2) is 6.67 Å². The maximum Gasteiger partial charge on any atom is 0.296 e. The lowest BCUT2D eigenvalue weighted by Gasteiger charge is -2.35. The Labute approximate surface area is 179 Å². The van der Waals surface area contributed by atoms with Gasteiger partial charge in [-0.15, -0.1) is 11.6 Å². The van der Waals surface area contributed by atoms with Crippen molar-refractivity contribution in [2.45, 2.75) is 11.9 Å². The van der Waals surface area contributed by atoms with E-state index in [0.717, 1.165) is 37.4 Å². The van der Waals surface area contributed by atoms with Crippen LogP contribution in [0, 0.1) is 5.82 Å². The Kier molecular flexibility index (Phi) is 5.14. The summed E-state index contributed by atoms with van der Waals surface area (Å²) >= 11 is 5.95. The SMILES string of the molecule is O=C1N(C[NH+]2CCN(c3ccccc3F)CC2)c2ccccc2[C@]12OC[C@H](CCl)O2. The lowest BCUT2D eigenvalue weighted by molar-refractivity contribution is -0.899. The zero-order valence-corrected chi connectivity index (χ0v) is 17.3. The van der Waals surface area contributed by atoms with Crippen molar-refractivity contribution in [3.63, 3.8) is 0 Å². The maximum atomic E-state index is 14.1. The van der Waals surface area contributed by atoms with Crippen LogP contribution in [0.15, 0.2) is 48.5 Å². The number of carbonyl (C=O) groups excluding carboxylic acids is 1. The number of carbonyl (C=O) groups is 1. The highest BCUT2D eigenvalue weighted by Gasteiger charge is 2.58. The Morgan fingerprint density at radius 1 is 1.10 bits per heavy atom. The summed E-state index contributed by atoms with van der Waals surface area (Å²) in [6.07, 6.45) is -0.305. The van der Waals surface area contributed by atoms with E-state index >= 15 is 0 Å². The zero-order chi connectivity index (χ0) is 20.7. The molecule has 3 heterocycles. The number of hydrogen-bond acceptors (Lipinski definition) is 4. The van der Waals surface area contributed by atoms with Crippen molar-refractivity contribution in [2.75, 3.05) is 55.1 Å². The summed E-state index contributed by atoms with van der Waals surface area (Å²) in [5, 5.41) is 0.